The Morgan fingerprint density at radius 1 is 1.18 bits per heavy atom. The van der Waals surface area contributed by atoms with Crippen LogP contribution in [-0.4, -0.2) is 40.6 Å². The molecule has 6 nitrogen and oxygen atoms in total. The molecule has 0 saturated carbocycles. The number of thiazole rings is 1. The summed E-state index contributed by atoms with van der Waals surface area (Å²) < 4.78 is 6.50. The van der Waals surface area contributed by atoms with Gasteiger partial charge in [-0.05, 0) is 75.8 Å². The molecule has 1 N–H and O–H groups in total. The third-order valence-corrected chi connectivity index (χ3v) is 6.91. The zero-order chi connectivity index (χ0) is 23.6. The molecular formula is C25H28ClN3O3S. The number of benzene rings is 2. The van der Waals surface area contributed by atoms with E-state index in [1.807, 2.05) is 51.1 Å². The number of hydrogen-bond acceptors (Lipinski definition) is 5. The Hall–Kier alpha value is -2.64. The lowest BCUT2D eigenvalue weighted by Crippen LogP contribution is -2.42. The predicted octanol–water partition coefficient (Wildman–Crippen LogP) is 6.39. The van der Waals surface area contributed by atoms with Gasteiger partial charge in [-0.3, -0.25) is 10.1 Å². The minimum Gasteiger partial charge on any atom is -0.444 e. The first-order valence-corrected chi connectivity index (χ1v) is 12.3. The third kappa shape index (κ3) is 6.03. The number of anilines is 1. The number of para-hydroxylation sites is 1. The van der Waals surface area contributed by atoms with Gasteiger partial charge in [0.15, 0.2) is 5.13 Å². The summed E-state index contributed by atoms with van der Waals surface area (Å²) in [5, 5.41) is 4.02. The van der Waals surface area contributed by atoms with Crippen LogP contribution in [0.15, 0.2) is 42.5 Å². The lowest BCUT2D eigenvalue weighted by Gasteiger charge is -2.33. The Kier molecular flexibility index (Phi) is 6.91. The molecule has 2 amide bonds. The number of halogens is 1. The second-order valence-electron chi connectivity index (χ2n) is 9.36. The molecule has 0 atom stereocenters. The first-order chi connectivity index (χ1) is 15.7. The van der Waals surface area contributed by atoms with Gasteiger partial charge < -0.3 is 9.64 Å². The van der Waals surface area contributed by atoms with Gasteiger partial charge >= 0.3 is 6.09 Å². The number of hydrogen-bond donors (Lipinski definition) is 1. The molecule has 0 bridgehead atoms. The van der Waals surface area contributed by atoms with E-state index in [9.17, 15) is 9.59 Å². The summed E-state index contributed by atoms with van der Waals surface area (Å²) >= 11 is 7.98. The van der Waals surface area contributed by atoms with Gasteiger partial charge in [0.2, 0.25) is 0 Å². The summed E-state index contributed by atoms with van der Waals surface area (Å²) in [5.74, 6) is 0.205. The van der Waals surface area contributed by atoms with Crippen LogP contribution in [0.1, 0.15) is 49.5 Å². The zero-order valence-corrected chi connectivity index (χ0v) is 20.6. The first-order valence-electron chi connectivity index (χ1n) is 11.1. The molecule has 0 unspecified atom stereocenters. The molecule has 1 aromatic heterocycles. The topological polar surface area (TPSA) is 71.5 Å². The number of fused-ring (bicyclic) bond motifs is 1. The van der Waals surface area contributed by atoms with Crippen LogP contribution in [0.25, 0.3) is 10.2 Å². The Balaban J connectivity index is 1.33. The highest BCUT2D eigenvalue weighted by atomic mass is 35.5. The fraction of sp³-hybridized carbons (Fsp3) is 0.400. The van der Waals surface area contributed by atoms with Gasteiger partial charge in [0, 0.05) is 23.7 Å². The van der Waals surface area contributed by atoms with Crippen molar-refractivity contribution in [3.8, 4) is 0 Å². The third-order valence-electron chi connectivity index (χ3n) is 5.60. The molecule has 0 aliphatic carbocycles. The zero-order valence-electron chi connectivity index (χ0n) is 19.1. The number of rotatable bonds is 4. The van der Waals surface area contributed by atoms with Crippen molar-refractivity contribution in [1.82, 2.24) is 9.88 Å². The minimum atomic E-state index is -0.484. The second-order valence-corrected chi connectivity index (χ2v) is 10.8. The highest BCUT2D eigenvalue weighted by Crippen LogP contribution is 2.29. The van der Waals surface area contributed by atoms with Crippen LogP contribution in [-0.2, 0) is 11.2 Å². The molecule has 8 heteroatoms. The normalized spacial score (nSPS) is 15.0. The first kappa shape index (κ1) is 23.5. The van der Waals surface area contributed by atoms with Crippen LogP contribution in [0.3, 0.4) is 0 Å². The molecule has 0 spiro atoms. The Morgan fingerprint density at radius 3 is 2.58 bits per heavy atom. The van der Waals surface area contributed by atoms with E-state index in [4.69, 9.17) is 16.3 Å². The van der Waals surface area contributed by atoms with Crippen molar-refractivity contribution < 1.29 is 14.3 Å². The lowest BCUT2D eigenvalue weighted by molar-refractivity contribution is 0.0184. The van der Waals surface area contributed by atoms with Crippen molar-refractivity contribution in [2.75, 3.05) is 18.4 Å². The minimum absolute atomic E-state index is 0.229. The second kappa shape index (κ2) is 9.69. The van der Waals surface area contributed by atoms with Gasteiger partial charge in [-0.1, -0.05) is 41.1 Å². The maximum atomic E-state index is 12.7. The van der Waals surface area contributed by atoms with Crippen LogP contribution >= 0.6 is 22.9 Å². The molecule has 4 rings (SSSR count). The highest BCUT2D eigenvalue weighted by molar-refractivity contribution is 7.22. The van der Waals surface area contributed by atoms with E-state index in [1.54, 1.807) is 17.0 Å². The number of nitrogens with zero attached hydrogens (tertiary/aromatic N) is 2. The highest BCUT2D eigenvalue weighted by Gasteiger charge is 2.27. The summed E-state index contributed by atoms with van der Waals surface area (Å²) in [4.78, 5) is 31.2. The van der Waals surface area contributed by atoms with Crippen molar-refractivity contribution in [3.63, 3.8) is 0 Å². The van der Waals surface area contributed by atoms with Crippen molar-refractivity contribution in [2.45, 2.75) is 45.6 Å². The van der Waals surface area contributed by atoms with E-state index in [-0.39, 0.29) is 12.0 Å². The lowest BCUT2D eigenvalue weighted by atomic mass is 9.90. The number of carbonyl (C=O) groups is 2. The average Bonchev–Trinajstić information content (AvgIpc) is 3.16. The van der Waals surface area contributed by atoms with E-state index in [0.717, 1.165) is 35.0 Å². The largest absolute Gasteiger partial charge is 0.444 e. The Labute approximate surface area is 202 Å². The standard InChI is InChI=1S/C25H28ClN3O3S/c1-25(2,3)32-24(31)29-12-10-16(11-13-29)14-17-8-9-18(15-19(17)26)22(30)28-23-27-20-6-4-5-7-21(20)33-23/h4-9,15-16H,10-14H2,1-3H3,(H,27,28,30). The number of likely N-dealkylation sites (tertiary alicyclic amines) is 1. The predicted molar refractivity (Wildman–Crippen MR) is 133 cm³/mol. The van der Waals surface area contributed by atoms with Gasteiger partial charge in [0.05, 0.1) is 10.2 Å². The van der Waals surface area contributed by atoms with Gasteiger partial charge in [-0.2, -0.15) is 0 Å². The molecule has 1 fully saturated rings. The Bertz CT molecular complexity index is 1130. The molecule has 2 heterocycles. The summed E-state index contributed by atoms with van der Waals surface area (Å²) in [6, 6.07) is 13.2. The molecule has 2 aromatic carbocycles. The molecule has 3 aromatic rings. The Morgan fingerprint density at radius 2 is 1.91 bits per heavy atom. The van der Waals surface area contributed by atoms with Gasteiger partial charge in [-0.15, -0.1) is 0 Å². The molecule has 1 aliphatic rings. The molecule has 1 saturated heterocycles. The van der Waals surface area contributed by atoms with Crippen molar-refractivity contribution >= 4 is 50.3 Å². The maximum Gasteiger partial charge on any atom is 0.410 e. The molecule has 1 aliphatic heterocycles. The summed E-state index contributed by atoms with van der Waals surface area (Å²) in [6.45, 7) is 6.99. The van der Waals surface area contributed by atoms with Gasteiger partial charge in [-0.25, -0.2) is 9.78 Å². The number of ether oxygens (including phenoxy) is 1. The van der Waals surface area contributed by atoms with Crippen LogP contribution < -0.4 is 5.32 Å². The smallest absolute Gasteiger partial charge is 0.410 e. The van der Waals surface area contributed by atoms with E-state index >= 15 is 0 Å². The summed E-state index contributed by atoms with van der Waals surface area (Å²) in [7, 11) is 0. The fourth-order valence-corrected chi connectivity index (χ4v) is 5.02. The number of piperidine rings is 1. The van der Waals surface area contributed by atoms with Crippen molar-refractivity contribution in [2.24, 2.45) is 5.92 Å². The van der Waals surface area contributed by atoms with Crippen LogP contribution in [0.2, 0.25) is 5.02 Å². The molecule has 0 radical (unpaired) electrons. The van der Waals surface area contributed by atoms with E-state index < -0.39 is 5.60 Å². The van der Waals surface area contributed by atoms with Gasteiger partial charge in [0.25, 0.3) is 5.91 Å². The molecule has 174 valence electrons. The average molecular weight is 486 g/mol. The quantitative estimate of drug-likeness (QED) is 0.464. The van der Waals surface area contributed by atoms with Gasteiger partial charge in [0.1, 0.15) is 5.60 Å². The summed E-state index contributed by atoms with van der Waals surface area (Å²) in [5.41, 5.74) is 1.90. The van der Waals surface area contributed by atoms with E-state index in [0.29, 0.717) is 34.7 Å². The number of aromatic nitrogens is 1. The monoisotopic (exact) mass is 485 g/mol. The number of nitrogens with one attached hydrogen (secondary N) is 1. The van der Waals surface area contributed by atoms with E-state index in [2.05, 4.69) is 10.3 Å². The van der Waals surface area contributed by atoms with Crippen LogP contribution in [0.5, 0.6) is 0 Å². The summed E-state index contributed by atoms with van der Waals surface area (Å²) in [6.07, 6.45) is 2.37. The van der Waals surface area contributed by atoms with E-state index in [1.165, 1.54) is 11.3 Å². The maximum absolute atomic E-state index is 12.7. The SMILES string of the molecule is CC(C)(C)OC(=O)N1CCC(Cc2ccc(C(=O)Nc3nc4ccccc4s3)cc2Cl)CC1. The molecular weight excluding hydrogens is 458 g/mol. The van der Waals surface area contributed by atoms with Crippen LogP contribution in [0, 0.1) is 5.92 Å². The number of carbonyl (C=O) groups excluding carboxylic acids is 2. The van der Waals surface area contributed by atoms with Crippen LogP contribution in [0.4, 0.5) is 9.93 Å². The van der Waals surface area contributed by atoms with Crippen molar-refractivity contribution in [1.29, 1.82) is 0 Å². The fourth-order valence-electron chi connectivity index (χ4n) is 3.91. The van der Waals surface area contributed by atoms with Crippen molar-refractivity contribution in [3.05, 3.63) is 58.6 Å². The molecule has 33 heavy (non-hydrogen) atoms. The number of amides is 2.